The van der Waals surface area contributed by atoms with Gasteiger partial charge in [0.15, 0.2) is 0 Å². The summed E-state index contributed by atoms with van der Waals surface area (Å²) in [6.45, 7) is 1.00. The minimum absolute atomic E-state index is 0.0149. The van der Waals surface area contributed by atoms with Crippen molar-refractivity contribution in [3.63, 3.8) is 0 Å². The summed E-state index contributed by atoms with van der Waals surface area (Å²) in [5, 5.41) is 0. The highest BCUT2D eigenvalue weighted by atomic mass is 19.4. The van der Waals surface area contributed by atoms with Gasteiger partial charge in [-0.25, -0.2) is 0 Å². The Morgan fingerprint density at radius 2 is 1.70 bits per heavy atom. The van der Waals surface area contributed by atoms with E-state index in [0.717, 1.165) is 24.9 Å². The Hall–Kier alpha value is -1.07. The number of piperidine rings is 1. The molecule has 0 spiro atoms. The van der Waals surface area contributed by atoms with E-state index in [9.17, 15) is 13.2 Å². The number of hydrogen-bond donors (Lipinski definition) is 1. The highest BCUT2D eigenvalue weighted by molar-refractivity contribution is 5.28. The van der Waals surface area contributed by atoms with Crippen LogP contribution in [0, 0.1) is 0 Å². The van der Waals surface area contributed by atoms with Gasteiger partial charge in [0.2, 0.25) is 0 Å². The molecule has 1 aromatic rings. The van der Waals surface area contributed by atoms with E-state index in [0.29, 0.717) is 6.04 Å². The quantitative estimate of drug-likeness (QED) is 0.902. The first kappa shape index (κ1) is 13.9. The standard InChI is InChI=1S/C15H19F3N2/c16-15(17,18)11-5-3-10(4-6-11)14-13(19)2-1-9-20(14)12-7-8-12/h3-6,12-14H,1-2,7-9,19H2. The predicted octanol–water partition coefficient (Wildman–Crippen LogP) is 3.33. The summed E-state index contributed by atoms with van der Waals surface area (Å²) in [4.78, 5) is 2.39. The Bertz CT molecular complexity index is 465. The molecule has 20 heavy (non-hydrogen) atoms. The summed E-state index contributed by atoms with van der Waals surface area (Å²) in [6, 6.07) is 6.18. The molecule has 110 valence electrons. The average molecular weight is 284 g/mol. The van der Waals surface area contributed by atoms with Crippen molar-refractivity contribution in [1.29, 1.82) is 0 Å². The molecule has 5 heteroatoms. The van der Waals surface area contributed by atoms with Crippen molar-refractivity contribution < 1.29 is 13.2 Å². The molecule has 1 saturated carbocycles. The van der Waals surface area contributed by atoms with Crippen LogP contribution >= 0.6 is 0 Å². The van der Waals surface area contributed by atoms with E-state index in [1.54, 1.807) is 12.1 Å². The summed E-state index contributed by atoms with van der Waals surface area (Å²) in [5.74, 6) is 0. The van der Waals surface area contributed by atoms with Crippen LogP contribution in [0.4, 0.5) is 13.2 Å². The highest BCUT2D eigenvalue weighted by Gasteiger charge is 2.39. The van der Waals surface area contributed by atoms with Gasteiger partial charge in [0.1, 0.15) is 0 Å². The molecule has 2 N–H and O–H groups in total. The van der Waals surface area contributed by atoms with Gasteiger partial charge in [-0.3, -0.25) is 4.90 Å². The van der Waals surface area contributed by atoms with Crippen LogP contribution in [0.25, 0.3) is 0 Å². The zero-order valence-electron chi connectivity index (χ0n) is 11.2. The minimum atomic E-state index is -4.27. The zero-order valence-corrected chi connectivity index (χ0v) is 11.2. The normalized spacial score (nSPS) is 28.6. The third-order valence-corrected chi connectivity index (χ3v) is 4.31. The fourth-order valence-electron chi connectivity index (χ4n) is 3.18. The van der Waals surface area contributed by atoms with Crippen LogP contribution in [0.5, 0.6) is 0 Å². The van der Waals surface area contributed by atoms with Gasteiger partial charge in [-0.1, -0.05) is 12.1 Å². The van der Waals surface area contributed by atoms with Crippen LogP contribution in [0.2, 0.25) is 0 Å². The summed E-state index contributed by atoms with van der Waals surface area (Å²) in [5.41, 5.74) is 6.55. The number of likely N-dealkylation sites (tertiary alicyclic amines) is 1. The lowest BCUT2D eigenvalue weighted by molar-refractivity contribution is -0.137. The number of rotatable bonds is 2. The maximum absolute atomic E-state index is 12.6. The van der Waals surface area contributed by atoms with E-state index in [1.165, 1.54) is 25.0 Å². The lowest BCUT2D eigenvalue weighted by atomic mass is 9.90. The molecule has 0 bridgehead atoms. The fourth-order valence-corrected chi connectivity index (χ4v) is 3.18. The molecule has 2 nitrogen and oxygen atoms in total. The van der Waals surface area contributed by atoms with Gasteiger partial charge >= 0.3 is 6.18 Å². The smallest absolute Gasteiger partial charge is 0.326 e. The highest BCUT2D eigenvalue weighted by Crippen LogP contribution is 2.40. The number of hydrogen-bond acceptors (Lipinski definition) is 2. The first-order valence-corrected chi connectivity index (χ1v) is 7.15. The van der Waals surface area contributed by atoms with Crippen molar-refractivity contribution in [2.24, 2.45) is 5.73 Å². The lowest BCUT2D eigenvalue weighted by Crippen LogP contribution is -2.46. The molecular formula is C15H19F3N2. The summed E-state index contributed by atoms with van der Waals surface area (Å²) >= 11 is 0. The second-order valence-electron chi connectivity index (χ2n) is 5.84. The number of halogens is 3. The maximum Gasteiger partial charge on any atom is 0.416 e. The molecule has 0 amide bonds. The molecule has 1 aliphatic carbocycles. The Morgan fingerprint density at radius 1 is 1.05 bits per heavy atom. The SMILES string of the molecule is NC1CCCN(C2CC2)C1c1ccc(C(F)(F)F)cc1. The summed E-state index contributed by atoms with van der Waals surface area (Å²) in [7, 11) is 0. The van der Waals surface area contributed by atoms with E-state index in [-0.39, 0.29) is 12.1 Å². The van der Waals surface area contributed by atoms with Crippen molar-refractivity contribution >= 4 is 0 Å². The Kier molecular flexibility index (Phi) is 3.50. The van der Waals surface area contributed by atoms with Crippen molar-refractivity contribution in [3.8, 4) is 0 Å². The molecule has 2 aliphatic rings. The number of nitrogens with two attached hydrogens (primary N) is 1. The van der Waals surface area contributed by atoms with Crippen LogP contribution in [0.15, 0.2) is 24.3 Å². The molecule has 3 rings (SSSR count). The van der Waals surface area contributed by atoms with Crippen LogP contribution in [0.3, 0.4) is 0 Å². The first-order valence-electron chi connectivity index (χ1n) is 7.15. The second kappa shape index (κ2) is 5.04. The van der Waals surface area contributed by atoms with Crippen LogP contribution in [-0.2, 0) is 6.18 Å². The number of benzene rings is 1. The van der Waals surface area contributed by atoms with Gasteiger partial charge in [-0.15, -0.1) is 0 Å². The van der Waals surface area contributed by atoms with Crippen LogP contribution in [-0.4, -0.2) is 23.5 Å². The third-order valence-electron chi connectivity index (χ3n) is 4.31. The van der Waals surface area contributed by atoms with Crippen LogP contribution < -0.4 is 5.73 Å². The Labute approximate surface area is 116 Å². The van der Waals surface area contributed by atoms with Crippen molar-refractivity contribution in [3.05, 3.63) is 35.4 Å². The van der Waals surface area contributed by atoms with E-state index in [2.05, 4.69) is 4.90 Å². The van der Waals surface area contributed by atoms with Crippen molar-refractivity contribution in [2.45, 2.75) is 50.0 Å². The zero-order chi connectivity index (χ0) is 14.3. The van der Waals surface area contributed by atoms with Gasteiger partial charge < -0.3 is 5.73 Å². The van der Waals surface area contributed by atoms with E-state index < -0.39 is 11.7 Å². The van der Waals surface area contributed by atoms with Gasteiger partial charge in [-0.05, 0) is 49.9 Å². The topological polar surface area (TPSA) is 29.3 Å². The van der Waals surface area contributed by atoms with Crippen LogP contribution in [0.1, 0.15) is 42.9 Å². The number of nitrogens with zero attached hydrogens (tertiary/aromatic N) is 1. The first-order chi connectivity index (χ1) is 9.47. The molecule has 2 unspecified atom stereocenters. The van der Waals surface area contributed by atoms with Gasteiger partial charge in [0.25, 0.3) is 0 Å². The monoisotopic (exact) mass is 284 g/mol. The predicted molar refractivity (Wildman–Crippen MR) is 71.1 cm³/mol. The lowest BCUT2D eigenvalue weighted by Gasteiger charge is -2.40. The molecule has 1 saturated heterocycles. The third kappa shape index (κ3) is 2.69. The average Bonchev–Trinajstić information content (AvgIpc) is 3.22. The molecule has 1 aromatic carbocycles. The number of alkyl halides is 3. The van der Waals surface area contributed by atoms with Crippen molar-refractivity contribution in [2.75, 3.05) is 6.54 Å². The van der Waals surface area contributed by atoms with Gasteiger partial charge in [-0.2, -0.15) is 13.2 Å². The van der Waals surface area contributed by atoms with E-state index in [1.807, 2.05) is 0 Å². The van der Waals surface area contributed by atoms with Gasteiger partial charge in [0, 0.05) is 12.1 Å². The van der Waals surface area contributed by atoms with Crippen molar-refractivity contribution in [1.82, 2.24) is 4.90 Å². The molecule has 1 heterocycles. The molecule has 2 atom stereocenters. The molecule has 1 aliphatic heterocycles. The largest absolute Gasteiger partial charge is 0.416 e. The minimum Gasteiger partial charge on any atom is -0.326 e. The van der Waals surface area contributed by atoms with E-state index in [4.69, 9.17) is 5.73 Å². The second-order valence-corrected chi connectivity index (χ2v) is 5.84. The van der Waals surface area contributed by atoms with Gasteiger partial charge in [0.05, 0.1) is 11.6 Å². The summed E-state index contributed by atoms with van der Waals surface area (Å²) in [6.07, 6.45) is 0.112. The molecule has 0 radical (unpaired) electrons. The van der Waals surface area contributed by atoms with E-state index >= 15 is 0 Å². The maximum atomic E-state index is 12.6. The molecule has 2 fully saturated rings. The summed E-state index contributed by atoms with van der Waals surface area (Å²) < 4.78 is 37.9. The molecular weight excluding hydrogens is 265 g/mol. The Morgan fingerprint density at radius 3 is 2.25 bits per heavy atom. The Balaban J connectivity index is 1.85. The fraction of sp³-hybridized carbons (Fsp3) is 0.600. The molecule has 0 aromatic heterocycles.